The van der Waals surface area contributed by atoms with Crippen molar-refractivity contribution in [2.24, 2.45) is 5.73 Å². The number of rotatable bonds is 8. The maximum atomic E-state index is 11.4. The second kappa shape index (κ2) is 7.24. The molecular formula is C11H18N2O3S. The number of amides is 1. The van der Waals surface area contributed by atoms with E-state index in [4.69, 9.17) is 10.2 Å². The van der Waals surface area contributed by atoms with Crippen LogP contribution < -0.4 is 11.1 Å². The van der Waals surface area contributed by atoms with Crippen LogP contribution in [0.2, 0.25) is 0 Å². The largest absolute Gasteiger partial charge is 0.464 e. The number of hydrogen-bond acceptors (Lipinski definition) is 4. The maximum Gasteiger partial charge on any atom is 0.230 e. The van der Waals surface area contributed by atoms with E-state index in [2.05, 4.69) is 12.2 Å². The van der Waals surface area contributed by atoms with Gasteiger partial charge in [0.15, 0.2) is 0 Å². The molecule has 17 heavy (non-hydrogen) atoms. The molecule has 3 N–H and O–H groups in total. The molecule has 6 heteroatoms. The lowest BCUT2D eigenvalue weighted by Crippen LogP contribution is -2.20. The summed E-state index contributed by atoms with van der Waals surface area (Å²) in [6, 6.07) is 3.63. The van der Waals surface area contributed by atoms with E-state index in [1.165, 1.54) is 0 Å². The quantitative estimate of drug-likeness (QED) is 0.665. The van der Waals surface area contributed by atoms with Crippen molar-refractivity contribution in [3.8, 4) is 0 Å². The van der Waals surface area contributed by atoms with Crippen molar-refractivity contribution in [1.29, 1.82) is 0 Å². The van der Waals surface area contributed by atoms with Crippen LogP contribution in [0.25, 0.3) is 0 Å². The highest BCUT2D eigenvalue weighted by Gasteiger charge is 2.08. The van der Waals surface area contributed by atoms with Gasteiger partial charge in [-0.05, 0) is 25.1 Å². The summed E-state index contributed by atoms with van der Waals surface area (Å²) in [5.74, 6) is 0.989. The molecule has 1 aromatic rings. The van der Waals surface area contributed by atoms with Gasteiger partial charge in [-0.1, -0.05) is 6.92 Å². The Bertz CT molecular complexity index is 390. The molecule has 0 spiro atoms. The van der Waals surface area contributed by atoms with Crippen LogP contribution in [0.3, 0.4) is 0 Å². The minimum absolute atomic E-state index is 0.121. The lowest BCUT2D eigenvalue weighted by molar-refractivity contribution is -0.115. The van der Waals surface area contributed by atoms with Gasteiger partial charge in [0.1, 0.15) is 17.3 Å². The van der Waals surface area contributed by atoms with E-state index >= 15 is 0 Å². The molecule has 1 rings (SSSR count). The normalized spacial score (nSPS) is 12.5. The predicted octanol–water partition coefficient (Wildman–Crippen LogP) is 0.513. The molecule has 0 aliphatic rings. The van der Waals surface area contributed by atoms with Gasteiger partial charge in [0, 0.05) is 10.8 Å². The van der Waals surface area contributed by atoms with Gasteiger partial charge in [-0.15, -0.1) is 0 Å². The van der Waals surface area contributed by atoms with Crippen LogP contribution in [0.1, 0.15) is 24.9 Å². The molecule has 0 aliphatic heterocycles. The molecule has 0 aromatic carbocycles. The van der Waals surface area contributed by atoms with Crippen molar-refractivity contribution in [2.75, 3.05) is 12.3 Å². The van der Waals surface area contributed by atoms with Crippen molar-refractivity contribution in [1.82, 2.24) is 5.32 Å². The summed E-state index contributed by atoms with van der Waals surface area (Å²) in [5.41, 5.74) is 4.96. The minimum atomic E-state index is -1.28. The highest BCUT2D eigenvalue weighted by molar-refractivity contribution is 7.84. The maximum absolute atomic E-state index is 11.4. The van der Waals surface area contributed by atoms with Crippen LogP contribution in [0.5, 0.6) is 0 Å². The fourth-order valence-electron chi connectivity index (χ4n) is 1.35. The van der Waals surface area contributed by atoms with Crippen LogP contribution in [0.4, 0.5) is 0 Å². The molecule has 96 valence electrons. The first-order valence-electron chi connectivity index (χ1n) is 5.53. The lowest BCUT2D eigenvalue weighted by Gasteiger charge is -1.99. The first kappa shape index (κ1) is 13.9. The molecule has 1 aromatic heterocycles. The van der Waals surface area contributed by atoms with Crippen molar-refractivity contribution < 1.29 is 13.4 Å². The van der Waals surface area contributed by atoms with Crippen molar-refractivity contribution in [3.63, 3.8) is 0 Å². The van der Waals surface area contributed by atoms with E-state index in [1.807, 2.05) is 6.07 Å². The summed E-state index contributed by atoms with van der Waals surface area (Å²) in [5, 5.41) is 3.21. The van der Waals surface area contributed by atoms with Gasteiger partial charge in [-0.2, -0.15) is 0 Å². The molecule has 5 nitrogen and oxygen atoms in total. The monoisotopic (exact) mass is 258 g/mol. The third-order valence-corrected chi connectivity index (χ3v) is 3.26. The third kappa shape index (κ3) is 5.65. The van der Waals surface area contributed by atoms with E-state index in [-0.39, 0.29) is 11.5 Å². The van der Waals surface area contributed by atoms with Gasteiger partial charge in [-0.25, -0.2) is 0 Å². The highest BCUT2D eigenvalue weighted by atomic mass is 32.2. The molecule has 0 radical (unpaired) electrons. The first-order chi connectivity index (χ1) is 8.11. The van der Waals surface area contributed by atoms with Gasteiger partial charge in [-0.3, -0.25) is 9.00 Å². The van der Waals surface area contributed by atoms with Crippen molar-refractivity contribution in [2.45, 2.75) is 25.6 Å². The second-order valence-corrected chi connectivity index (χ2v) is 5.20. The fourth-order valence-corrected chi connectivity index (χ4v) is 2.24. The smallest absolute Gasteiger partial charge is 0.230 e. The number of carbonyl (C=O) groups excluding carboxylic acids is 1. The molecule has 0 aliphatic carbocycles. The van der Waals surface area contributed by atoms with Gasteiger partial charge in [0.25, 0.3) is 0 Å². The molecule has 1 heterocycles. The topological polar surface area (TPSA) is 85.3 Å². The average molecular weight is 258 g/mol. The van der Waals surface area contributed by atoms with Crippen LogP contribution >= 0.6 is 0 Å². The SMILES string of the molecule is CCCNCc1ccc(CS(=O)CC(N)=O)o1. The van der Waals surface area contributed by atoms with Gasteiger partial charge in [0.2, 0.25) is 5.91 Å². The van der Waals surface area contributed by atoms with E-state index in [0.29, 0.717) is 12.3 Å². The van der Waals surface area contributed by atoms with Crippen LogP contribution in [-0.4, -0.2) is 22.4 Å². The fraction of sp³-hybridized carbons (Fsp3) is 0.545. The highest BCUT2D eigenvalue weighted by Crippen LogP contribution is 2.10. The zero-order chi connectivity index (χ0) is 12.7. The number of hydrogen-bond donors (Lipinski definition) is 2. The van der Waals surface area contributed by atoms with E-state index in [9.17, 15) is 9.00 Å². The molecule has 0 saturated carbocycles. The Morgan fingerprint density at radius 1 is 1.47 bits per heavy atom. The summed E-state index contributed by atoms with van der Waals surface area (Å²) in [7, 11) is -1.28. The summed E-state index contributed by atoms with van der Waals surface area (Å²) in [6.45, 7) is 3.69. The third-order valence-electron chi connectivity index (χ3n) is 2.05. The minimum Gasteiger partial charge on any atom is -0.464 e. The molecule has 0 fully saturated rings. The van der Waals surface area contributed by atoms with Gasteiger partial charge >= 0.3 is 0 Å². The number of carbonyl (C=O) groups is 1. The Kier molecular flexibility index (Phi) is 5.93. The Morgan fingerprint density at radius 2 is 2.18 bits per heavy atom. The Labute approximate surface area is 103 Å². The number of furan rings is 1. The standard InChI is InChI=1S/C11H18N2O3S/c1-2-5-13-6-9-3-4-10(16-9)7-17(15)8-11(12)14/h3-4,13H,2,5-8H2,1H3,(H2,12,14). The molecular weight excluding hydrogens is 240 g/mol. The van der Waals surface area contributed by atoms with Gasteiger partial charge in [0.05, 0.1) is 12.3 Å². The Balaban J connectivity index is 2.39. The van der Waals surface area contributed by atoms with E-state index < -0.39 is 16.7 Å². The van der Waals surface area contributed by atoms with Crippen LogP contribution in [-0.2, 0) is 27.9 Å². The lowest BCUT2D eigenvalue weighted by atomic mass is 10.4. The van der Waals surface area contributed by atoms with Crippen LogP contribution in [0.15, 0.2) is 16.5 Å². The molecule has 0 saturated heterocycles. The molecule has 1 amide bonds. The first-order valence-corrected chi connectivity index (χ1v) is 7.02. The van der Waals surface area contributed by atoms with Gasteiger partial charge < -0.3 is 15.5 Å². The van der Waals surface area contributed by atoms with Crippen molar-refractivity contribution in [3.05, 3.63) is 23.7 Å². The number of nitrogens with one attached hydrogen (secondary N) is 1. The molecule has 0 bridgehead atoms. The Hall–Kier alpha value is -1.14. The predicted molar refractivity (Wildman–Crippen MR) is 66.6 cm³/mol. The summed E-state index contributed by atoms with van der Waals surface area (Å²) < 4.78 is 16.9. The molecule has 1 atom stereocenters. The average Bonchev–Trinajstić information content (AvgIpc) is 2.64. The van der Waals surface area contributed by atoms with Crippen molar-refractivity contribution >= 4 is 16.7 Å². The van der Waals surface area contributed by atoms with E-state index in [0.717, 1.165) is 18.7 Å². The van der Waals surface area contributed by atoms with Crippen LogP contribution in [0, 0.1) is 0 Å². The zero-order valence-electron chi connectivity index (χ0n) is 9.90. The zero-order valence-corrected chi connectivity index (χ0v) is 10.7. The number of primary amides is 1. The summed E-state index contributed by atoms with van der Waals surface area (Å²) in [6.07, 6.45) is 1.07. The summed E-state index contributed by atoms with van der Waals surface area (Å²) in [4.78, 5) is 10.6. The molecule has 1 unspecified atom stereocenters. The Morgan fingerprint density at radius 3 is 2.82 bits per heavy atom. The number of nitrogens with two attached hydrogens (primary N) is 1. The second-order valence-electron chi connectivity index (χ2n) is 3.74. The van der Waals surface area contributed by atoms with E-state index in [1.54, 1.807) is 6.07 Å². The summed E-state index contributed by atoms with van der Waals surface area (Å²) >= 11 is 0.